The maximum absolute atomic E-state index is 10.8. The van der Waals surface area contributed by atoms with Crippen LogP contribution in [0, 0.1) is 20.8 Å². The number of fused-ring (bicyclic) bond motifs is 1. The van der Waals surface area contributed by atoms with E-state index in [0.717, 1.165) is 40.2 Å². The van der Waals surface area contributed by atoms with Crippen LogP contribution in [0.15, 0.2) is 66.7 Å². The van der Waals surface area contributed by atoms with Gasteiger partial charge in [-0.05, 0) is 61.2 Å². The predicted molar refractivity (Wildman–Crippen MR) is 128 cm³/mol. The second-order valence-corrected chi connectivity index (χ2v) is 7.96. The zero-order chi connectivity index (χ0) is 21.1. The fourth-order valence-electron chi connectivity index (χ4n) is 3.84. The van der Waals surface area contributed by atoms with Crippen LogP contribution in [-0.2, 0) is 13.0 Å². The number of aromatic nitrogens is 2. The summed E-state index contributed by atoms with van der Waals surface area (Å²) in [6.45, 7) is 6.87. The molecule has 0 amide bonds. The van der Waals surface area contributed by atoms with Gasteiger partial charge in [0.1, 0.15) is 24.3 Å². The SMILES string of the molecule is Cc1cc(C)c(C)c(OCC(O)Cn2c(Cc3ccccc3)nc3ccccc32)c1.Cl. The number of aryl methyl sites for hydroxylation is 2. The van der Waals surface area contributed by atoms with E-state index in [9.17, 15) is 5.11 Å². The van der Waals surface area contributed by atoms with Gasteiger partial charge in [-0.25, -0.2) is 4.98 Å². The molecule has 0 aliphatic carbocycles. The van der Waals surface area contributed by atoms with Crippen LogP contribution < -0.4 is 4.74 Å². The van der Waals surface area contributed by atoms with E-state index in [-0.39, 0.29) is 19.0 Å². The summed E-state index contributed by atoms with van der Waals surface area (Å²) in [4.78, 5) is 4.83. The van der Waals surface area contributed by atoms with Gasteiger partial charge in [-0.15, -0.1) is 12.4 Å². The van der Waals surface area contributed by atoms with Crippen LogP contribution in [-0.4, -0.2) is 27.4 Å². The van der Waals surface area contributed by atoms with Crippen molar-refractivity contribution in [2.75, 3.05) is 6.61 Å². The van der Waals surface area contributed by atoms with Crippen LogP contribution in [0.1, 0.15) is 28.1 Å². The maximum Gasteiger partial charge on any atom is 0.122 e. The second kappa shape index (κ2) is 9.99. The van der Waals surface area contributed by atoms with Crippen molar-refractivity contribution in [3.63, 3.8) is 0 Å². The Hall–Kier alpha value is -2.82. The molecule has 0 saturated heterocycles. The summed E-state index contributed by atoms with van der Waals surface area (Å²) < 4.78 is 8.11. The topological polar surface area (TPSA) is 47.3 Å². The molecule has 1 atom stereocenters. The third kappa shape index (κ3) is 5.27. The number of hydrogen-bond acceptors (Lipinski definition) is 3. The predicted octanol–water partition coefficient (Wildman–Crippen LogP) is 5.41. The highest BCUT2D eigenvalue weighted by molar-refractivity contribution is 5.85. The summed E-state index contributed by atoms with van der Waals surface area (Å²) in [6.07, 6.45) is 0.0802. The minimum absolute atomic E-state index is 0. The lowest BCUT2D eigenvalue weighted by Gasteiger charge is -2.18. The summed E-state index contributed by atoms with van der Waals surface area (Å²) in [5.74, 6) is 1.79. The second-order valence-electron chi connectivity index (χ2n) is 7.96. The Morgan fingerprint density at radius 2 is 1.68 bits per heavy atom. The van der Waals surface area contributed by atoms with Crippen LogP contribution >= 0.6 is 12.4 Å². The lowest BCUT2D eigenvalue weighted by atomic mass is 10.1. The van der Waals surface area contributed by atoms with Gasteiger partial charge in [-0.1, -0.05) is 48.5 Å². The fourth-order valence-corrected chi connectivity index (χ4v) is 3.84. The van der Waals surface area contributed by atoms with E-state index in [2.05, 4.69) is 49.6 Å². The summed E-state index contributed by atoms with van der Waals surface area (Å²) in [5.41, 5.74) is 6.65. The average molecular weight is 437 g/mol. The molecule has 162 valence electrons. The molecule has 5 heteroatoms. The van der Waals surface area contributed by atoms with Crippen LogP contribution in [0.3, 0.4) is 0 Å². The number of nitrogens with zero attached hydrogens (tertiary/aromatic N) is 2. The van der Waals surface area contributed by atoms with Gasteiger partial charge in [0.05, 0.1) is 17.6 Å². The molecular weight excluding hydrogens is 408 g/mol. The molecule has 0 bridgehead atoms. The number of para-hydroxylation sites is 2. The van der Waals surface area contributed by atoms with Crippen molar-refractivity contribution < 1.29 is 9.84 Å². The first-order valence-electron chi connectivity index (χ1n) is 10.4. The summed E-state index contributed by atoms with van der Waals surface area (Å²) in [7, 11) is 0. The first-order valence-corrected chi connectivity index (χ1v) is 10.4. The van der Waals surface area contributed by atoms with Crippen LogP contribution in [0.25, 0.3) is 11.0 Å². The monoisotopic (exact) mass is 436 g/mol. The van der Waals surface area contributed by atoms with Crippen molar-refractivity contribution in [1.29, 1.82) is 0 Å². The van der Waals surface area contributed by atoms with Crippen molar-refractivity contribution in [3.8, 4) is 5.75 Å². The number of aliphatic hydroxyl groups excluding tert-OH is 1. The van der Waals surface area contributed by atoms with Gasteiger partial charge in [-0.2, -0.15) is 0 Å². The first kappa shape index (κ1) is 22.9. The summed E-state index contributed by atoms with van der Waals surface area (Å²) in [5, 5.41) is 10.8. The molecule has 0 aliphatic heterocycles. The molecule has 0 saturated carbocycles. The number of halogens is 1. The lowest BCUT2D eigenvalue weighted by molar-refractivity contribution is 0.0924. The summed E-state index contributed by atoms with van der Waals surface area (Å²) >= 11 is 0. The minimum atomic E-state index is -0.641. The molecule has 31 heavy (non-hydrogen) atoms. The number of rotatable bonds is 7. The average Bonchev–Trinajstić information content (AvgIpc) is 3.07. The van der Waals surface area contributed by atoms with E-state index in [1.54, 1.807) is 0 Å². The van der Waals surface area contributed by atoms with E-state index in [1.165, 1.54) is 11.1 Å². The van der Waals surface area contributed by atoms with E-state index in [4.69, 9.17) is 9.72 Å². The quantitative estimate of drug-likeness (QED) is 0.421. The molecule has 1 aromatic heterocycles. The van der Waals surface area contributed by atoms with Gasteiger partial charge in [0.2, 0.25) is 0 Å². The van der Waals surface area contributed by atoms with Crippen LogP contribution in [0.4, 0.5) is 0 Å². The largest absolute Gasteiger partial charge is 0.491 e. The smallest absolute Gasteiger partial charge is 0.122 e. The van der Waals surface area contributed by atoms with Crippen LogP contribution in [0.5, 0.6) is 5.75 Å². The highest BCUT2D eigenvalue weighted by Crippen LogP contribution is 2.24. The molecular formula is C26H29ClN2O2. The number of imidazole rings is 1. The Morgan fingerprint density at radius 3 is 2.45 bits per heavy atom. The van der Waals surface area contributed by atoms with E-state index < -0.39 is 6.10 Å². The first-order chi connectivity index (χ1) is 14.5. The number of ether oxygens (including phenoxy) is 1. The zero-order valence-electron chi connectivity index (χ0n) is 18.2. The van der Waals surface area contributed by atoms with Gasteiger partial charge in [0.25, 0.3) is 0 Å². The zero-order valence-corrected chi connectivity index (χ0v) is 19.0. The Kier molecular flexibility index (Phi) is 7.37. The number of aliphatic hydroxyl groups is 1. The molecule has 0 aliphatic rings. The maximum atomic E-state index is 10.8. The Balaban J connectivity index is 0.00000272. The highest BCUT2D eigenvalue weighted by atomic mass is 35.5. The van der Waals surface area contributed by atoms with Crippen molar-refractivity contribution in [2.24, 2.45) is 0 Å². The lowest BCUT2D eigenvalue weighted by Crippen LogP contribution is -2.25. The third-order valence-electron chi connectivity index (χ3n) is 5.53. The molecule has 1 heterocycles. The normalized spacial score (nSPS) is 11.9. The Labute approximate surface area is 189 Å². The molecule has 4 aromatic rings. The van der Waals surface area contributed by atoms with Gasteiger partial charge in [0, 0.05) is 6.42 Å². The molecule has 4 rings (SSSR count). The molecule has 0 spiro atoms. The molecule has 1 N–H and O–H groups in total. The van der Waals surface area contributed by atoms with Crippen molar-refractivity contribution >= 4 is 23.4 Å². The standard InChI is InChI=1S/C26H28N2O2.ClH/c1-18-13-19(2)20(3)25(14-18)30-17-22(29)16-28-24-12-8-7-11-23(24)27-26(28)15-21-9-5-4-6-10-21;/h4-14,22,29H,15-17H2,1-3H3;1H. The van der Waals surface area contributed by atoms with Gasteiger partial charge in [-0.3, -0.25) is 0 Å². The van der Waals surface area contributed by atoms with Gasteiger partial charge >= 0.3 is 0 Å². The third-order valence-corrected chi connectivity index (χ3v) is 5.53. The minimum Gasteiger partial charge on any atom is -0.491 e. The van der Waals surface area contributed by atoms with Crippen molar-refractivity contribution in [3.05, 3.63) is 94.8 Å². The Morgan fingerprint density at radius 1 is 0.968 bits per heavy atom. The Bertz CT molecular complexity index is 1160. The van der Waals surface area contributed by atoms with Gasteiger partial charge < -0.3 is 14.4 Å². The molecule has 3 aromatic carbocycles. The molecule has 4 nitrogen and oxygen atoms in total. The van der Waals surface area contributed by atoms with E-state index >= 15 is 0 Å². The van der Waals surface area contributed by atoms with Gasteiger partial charge in [0.15, 0.2) is 0 Å². The fraction of sp³-hybridized carbons (Fsp3) is 0.269. The van der Waals surface area contributed by atoms with Crippen molar-refractivity contribution in [2.45, 2.75) is 39.8 Å². The molecule has 1 unspecified atom stereocenters. The number of benzene rings is 3. The number of hydrogen-bond donors (Lipinski definition) is 1. The van der Waals surface area contributed by atoms with E-state index in [0.29, 0.717) is 6.54 Å². The van der Waals surface area contributed by atoms with Crippen LogP contribution in [0.2, 0.25) is 0 Å². The summed E-state index contributed by atoms with van der Waals surface area (Å²) in [6, 6.07) is 22.5. The van der Waals surface area contributed by atoms with Crippen molar-refractivity contribution in [1.82, 2.24) is 9.55 Å². The van der Waals surface area contributed by atoms with E-state index in [1.807, 2.05) is 42.5 Å². The molecule has 0 fully saturated rings. The molecule has 0 radical (unpaired) electrons. The highest BCUT2D eigenvalue weighted by Gasteiger charge is 2.16.